The Balaban J connectivity index is 1.87. The molecule has 132 valence electrons. The minimum absolute atomic E-state index is 0.0970. The summed E-state index contributed by atoms with van der Waals surface area (Å²) < 4.78 is 12.5. The molecule has 0 bridgehead atoms. The Bertz CT molecular complexity index is 575. The minimum atomic E-state index is -0.0970. The molecule has 2 aromatic heterocycles. The van der Waals surface area contributed by atoms with E-state index in [1.807, 2.05) is 0 Å². The zero-order valence-electron chi connectivity index (χ0n) is 14.6. The first-order chi connectivity index (χ1) is 11.8. The molecule has 0 spiro atoms. The lowest BCUT2D eigenvalue weighted by Gasteiger charge is -2.33. The SMILES string of the molecule is NCCCc1ccc(C2(c3ccc(CCCN)o3)CCCCC2)o1. The Morgan fingerprint density at radius 2 is 1.25 bits per heavy atom. The second-order valence-corrected chi connectivity index (χ2v) is 6.96. The molecule has 0 atom stereocenters. The number of furan rings is 2. The fourth-order valence-corrected chi connectivity index (χ4v) is 3.86. The van der Waals surface area contributed by atoms with Crippen LogP contribution in [0, 0.1) is 0 Å². The van der Waals surface area contributed by atoms with Gasteiger partial charge in [-0.05, 0) is 63.0 Å². The highest BCUT2D eigenvalue weighted by molar-refractivity contribution is 5.31. The van der Waals surface area contributed by atoms with Crippen LogP contribution in [0.25, 0.3) is 0 Å². The number of hydrogen-bond donors (Lipinski definition) is 2. The van der Waals surface area contributed by atoms with Gasteiger partial charge in [0.1, 0.15) is 23.0 Å². The van der Waals surface area contributed by atoms with Crippen LogP contribution in [0.2, 0.25) is 0 Å². The van der Waals surface area contributed by atoms with Crippen LogP contribution in [0.3, 0.4) is 0 Å². The van der Waals surface area contributed by atoms with Crippen molar-refractivity contribution in [2.24, 2.45) is 11.5 Å². The van der Waals surface area contributed by atoms with Gasteiger partial charge in [0, 0.05) is 12.8 Å². The predicted molar refractivity (Wildman–Crippen MR) is 96.0 cm³/mol. The first-order valence-electron chi connectivity index (χ1n) is 9.37. The highest BCUT2D eigenvalue weighted by Crippen LogP contribution is 2.46. The van der Waals surface area contributed by atoms with Gasteiger partial charge in [-0.3, -0.25) is 0 Å². The van der Waals surface area contributed by atoms with Crippen molar-refractivity contribution >= 4 is 0 Å². The molecular formula is C20H30N2O2. The van der Waals surface area contributed by atoms with Crippen LogP contribution in [-0.2, 0) is 18.3 Å². The van der Waals surface area contributed by atoms with Crippen LogP contribution in [0.15, 0.2) is 33.1 Å². The summed E-state index contributed by atoms with van der Waals surface area (Å²) in [5.41, 5.74) is 11.1. The molecule has 0 aromatic carbocycles. The molecule has 0 saturated heterocycles. The molecular weight excluding hydrogens is 300 g/mol. The molecule has 1 saturated carbocycles. The van der Waals surface area contributed by atoms with Crippen molar-refractivity contribution in [2.75, 3.05) is 13.1 Å². The van der Waals surface area contributed by atoms with Crippen molar-refractivity contribution in [1.82, 2.24) is 0 Å². The van der Waals surface area contributed by atoms with Crippen LogP contribution >= 0.6 is 0 Å². The van der Waals surface area contributed by atoms with Crippen LogP contribution in [0.4, 0.5) is 0 Å². The van der Waals surface area contributed by atoms with E-state index in [4.69, 9.17) is 20.3 Å². The van der Waals surface area contributed by atoms with E-state index >= 15 is 0 Å². The summed E-state index contributed by atoms with van der Waals surface area (Å²) in [6.07, 6.45) is 9.67. The third kappa shape index (κ3) is 3.60. The Morgan fingerprint density at radius 3 is 1.71 bits per heavy atom. The fourth-order valence-electron chi connectivity index (χ4n) is 3.86. The monoisotopic (exact) mass is 330 g/mol. The number of aryl methyl sites for hydroxylation is 2. The zero-order chi connectivity index (χ0) is 16.8. The molecule has 4 N–H and O–H groups in total. The molecule has 0 aliphatic heterocycles. The van der Waals surface area contributed by atoms with Crippen LogP contribution in [0.1, 0.15) is 68.0 Å². The van der Waals surface area contributed by atoms with Gasteiger partial charge in [-0.2, -0.15) is 0 Å². The van der Waals surface area contributed by atoms with Gasteiger partial charge < -0.3 is 20.3 Å². The Morgan fingerprint density at radius 1 is 0.750 bits per heavy atom. The first kappa shape index (κ1) is 17.3. The molecule has 3 rings (SSSR count). The summed E-state index contributed by atoms with van der Waals surface area (Å²) in [6.45, 7) is 1.40. The van der Waals surface area contributed by atoms with Crippen LogP contribution in [0.5, 0.6) is 0 Å². The molecule has 1 fully saturated rings. The molecule has 1 aliphatic rings. The quantitative estimate of drug-likeness (QED) is 0.769. The third-order valence-electron chi connectivity index (χ3n) is 5.23. The van der Waals surface area contributed by atoms with E-state index in [2.05, 4.69) is 24.3 Å². The van der Waals surface area contributed by atoms with Gasteiger partial charge >= 0.3 is 0 Å². The van der Waals surface area contributed by atoms with Gasteiger partial charge in [0.15, 0.2) is 0 Å². The summed E-state index contributed by atoms with van der Waals surface area (Å²) in [5.74, 6) is 4.20. The molecule has 2 aromatic rings. The molecule has 2 heterocycles. The van der Waals surface area contributed by atoms with Gasteiger partial charge in [-0.1, -0.05) is 19.3 Å². The summed E-state index contributed by atoms with van der Waals surface area (Å²) in [7, 11) is 0. The van der Waals surface area contributed by atoms with Crippen molar-refractivity contribution in [3.63, 3.8) is 0 Å². The Labute approximate surface area is 144 Å². The van der Waals surface area contributed by atoms with E-state index in [-0.39, 0.29) is 5.41 Å². The van der Waals surface area contributed by atoms with Gasteiger partial charge in [0.2, 0.25) is 0 Å². The highest BCUT2D eigenvalue weighted by Gasteiger charge is 2.41. The van der Waals surface area contributed by atoms with Crippen molar-refractivity contribution in [1.29, 1.82) is 0 Å². The number of rotatable bonds is 8. The zero-order valence-corrected chi connectivity index (χ0v) is 14.6. The first-order valence-corrected chi connectivity index (χ1v) is 9.37. The molecule has 4 nitrogen and oxygen atoms in total. The molecule has 0 unspecified atom stereocenters. The van der Waals surface area contributed by atoms with E-state index in [9.17, 15) is 0 Å². The number of hydrogen-bond acceptors (Lipinski definition) is 4. The molecule has 4 heteroatoms. The molecule has 1 aliphatic carbocycles. The Kier molecular flexibility index (Phi) is 5.80. The maximum atomic E-state index is 6.24. The molecule has 24 heavy (non-hydrogen) atoms. The largest absolute Gasteiger partial charge is 0.465 e. The fraction of sp³-hybridized carbons (Fsp3) is 0.600. The maximum absolute atomic E-state index is 6.24. The number of nitrogens with two attached hydrogens (primary N) is 2. The van der Waals surface area contributed by atoms with Crippen LogP contribution < -0.4 is 11.5 Å². The lowest BCUT2D eigenvalue weighted by atomic mass is 9.70. The van der Waals surface area contributed by atoms with E-state index in [0.29, 0.717) is 13.1 Å². The smallest absolute Gasteiger partial charge is 0.117 e. The van der Waals surface area contributed by atoms with E-state index in [1.165, 1.54) is 19.3 Å². The van der Waals surface area contributed by atoms with E-state index in [0.717, 1.165) is 61.6 Å². The minimum Gasteiger partial charge on any atom is -0.465 e. The topological polar surface area (TPSA) is 78.3 Å². The lowest BCUT2D eigenvalue weighted by Crippen LogP contribution is -2.29. The second kappa shape index (κ2) is 8.04. The maximum Gasteiger partial charge on any atom is 0.117 e. The van der Waals surface area contributed by atoms with Gasteiger partial charge in [0.05, 0.1) is 5.41 Å². The summed E-state index contributed by atoms with van der Waals surface area (Å²) >= 11 is 0. The molecule has 0 amide bonds. The average Bonchev–Trinajstić information content (AvgIpc) is 3.29. The van der Waals surface area contributed by atoms with Crippen molar-refractivity contribution in [3.8, 4) is 0 Å². The van der Waals surface area contributed by atoms with Gasteiger partial charge in [0.25, 0.3) is 0 Å². The molecule has 0 radical (unpaired) electrons. The standard InChI is InChI=1S/C20H30N2O2/c21-14-4-6-16-8-10-18(23-16)20(12-2-1-3-13-20)19-11-9-17(24-19)7-5-15-22/h8-11H,1-7,12-15,21-22H2. The van der Waals surface area contributed by atoms with Crippen LogP contribution in [-0.4, -0.2) is 13.1 Å². The van der Waals surface area contributed by atoms with Crippen molar-refractivity contribution in [3.05, 3.63) is 47.3 Å². The van der Waals surface area contributed by atoms with Gasteiger partial charge in [-0.25, -0.2) is 0 Å². The van der Waals surface area contributed by atoms with Crippen molar-refractivity contribution < 1.29 is 8.83 Å². The highest BCUT2D eigenvalue weighted by atomic mass is 16.4. The van der Waals surface area contributed by atoms with E-state index < -0.39 is 0 Å². The predicted octanol–water partition coefficient (Wildman–Crippen LogP) is 3.91. The normalized spacial score (nSPS) is 17.2. The lowest BCUT2D eigenvalue weighted by molar-refractivity contribution is 0.240. The summed E-state index contributed by atoms with van der Waals surface area (Å²) in [6, 6.07) is 8.53. The van der Waals surface area contributed by atoms with Gasteiger partial charge in [-0.15, -0.1) is 0 Å². The average molecular weight is 330 g/mol. The summed E-state index contributed by atoms with van der Waals surface area (Å²) in [4.78, 5) is 0. The summed E-state index contributed by atoms with van der Waals surface area (Å²) in [5, 5.41) is 0. The Hall–Kier alpha value is -1.52. The van der Waals surface area contributed by atoms with Crippen molar-refractivity contribution in [2.45, 2.75) is 63.2 Å². The van der Waals surface area contributed by atoms with E-state index in [1.54, 1.807) is 0 Å². The second-order valence-electron chi connectivity index (χ2n) is 6.96. The third-order valence-corrected chi connectivity index (χ3v) is 5.23.